The number of benzene rings is 2. The Hall–Kier alpha value is -2.84. The Morgan fingerprint density at radius 1 is 1.19 bits per heavy atom. The minimum absolute atomic E-state index is 0.0585. The third-order valence-corrected chi connectivity index (χ3v) is 5.94. The maximum atomic E-state index is 13.4. The Morgan fingerprint density at radius 3 is 2.66 bits per heavy atom. The van der Waals surface area contributed by atoms with Crippen molar-refractivity contribution in [1.82, 2.24) is 20.1 Å². The van der Waals surface area contributed by atoms with Crippen LogP contribution >= 0.6 is 23.4 Å². The highest BCUT2D eigenvalue weighted by Gasteiger charge is 2.15. The molecule has 0 atom stereocenters. The Morgan fingerprint density at radius 2 is 1.94 bits per heavy atom. The fraction of sp³-hybridized carbons (Fsp3) is 0.261. The van der Waals surface area contributed by atoms with Gasteiger partial charge in [0.1, 0.15) is 17.4 Å². The van der Waals surface area contributed by atoms with Crippen LogP contribution in [0.1, 0.15) is 17.8 Å². The monoisotopic (exact) mass is 474 g/mol. The predicted octanol–water partition coefficient (Wildman–Crippen LogP) is 4.55. The van der Waals surface area contributed by atoms with Gasteiger partial charge in [-0.2, -0.15) is 0 Å². The molecule has 9 heteroatoms. The lowest BCUT2D eigenvalue weighted by atomic mass is 10.1. The summed E-state index contributed by atoms with van der Waals surface area (Å²) >= 11 is 7.28. The second-order valence-corrected chi connectivity index (χ2v) is 8.41. The number of carbonyl (C=O) groups excluding carboxylic acids is 1. The predicted molar refractivity (Wildman–Crippen MR) is 125 cm³/mol. The van der Waals surface area contributed by atoms with Gasteiger partial charge in [-0.25, -0.2) is 4.39 Å². The Balaban J connectivity index is 1.62. The van der Waals surface area contributed by atoms with Gasteiger partial charge in [0, 0.05) is 35.9 Å². The summed E-state index contributed by atoms with van der Waals surface area (Å²) in [6.45, 7) is 4.09. The van der Waals surface area contributed by atoms with Crippen LogP contribution in [0.3, 0.4) is 0 Å². The number of hydrogen-bond acceptors (Lipinski definition) is 5. The van der Waals surface area contributed by atoms with Crippen molar-refractivity contribution in [2.75, 3.05) is 19.4 Å². The summed E-state index contributed by atoms with van der Waals surface area (Å²) < 4.78 is 20.6. The van der Waals surface area contributed by atoms with Gasteiger partial charge in [0.05, 0.1) is 7.11 Å². The summed E-state index contributed by atoms with van der Waals surface area (Å²) in [4.78, 5) is 12.3. The molecule has 0 bridgehead atoms. The number of halogens is 2. The lowest BCUT2D eigenvalue weighted by molar-refractivity contribution is -0.121. The molecule has 0 spiro atoms. The fourth-order valence-corrected chi connectivity index (χ4v) is 4.00. The molecule has 2 aromatic carbocycles. The standard InChI is InChI=1S/C23H24ClFN4O2S/c1-16(24)15-32-23-28-27-21(29(23)19-10-8-18(25)9-11-19)13-14-26-22(30)12-7-17-5-3-4-6-20(17)31-2/h3-6,8-11H,1,7,12-15H2,2H3,(H,26,30). The Bertz CT molecular complexity index is 1070. The minimum Gasteiger partial charge on any atom is -0.496 e. The zero-order chi connectivity index (χ0) is 22.9. The molecule has 6 nitrogen and oxygen atoms in total. The SMILES string of the molecule is C=C(Cl)CSc1nnc(CCNC(=O)CCc2ccccc2OC)n1-c1ccc(F)cc1. The van der Waals surface area contributed by atoms with Gasteiger partial charge in [-0.05, 0) is 42.3 Å². The summed E-state index contributed by atoms with van der Waals surface area (Å²) in [6, 6.07) is 13.7. The summed E-state index contributed by atoms with van der Waals surface area (Å²) in [5.41, 5.74) is 1.72. The molecule has 1 aromatic heterocycles. The number of aryl methyl sites for hydroxylation is 1. The lowest BCUT2D eigenvalue weighted by Gasteiger charge is -2.11. The van der Waals surface area contributed by atoms with Crippen molar-refractivity contribution >= 4 is 29.3 Å². The molecule has 1 amide bonds. The first kappa shape index (κ1) is 23.8. The summed E-state index contributed by atoms with van der Waals surface area (Å²) in [7, 11) is 1.62. The van der Waals surface area contributed by atoms with Crippen LogP contribution in [0.25, 0.3) is 5.69 Å². The van der Waals surface area contributed by atoms with Crippen molar-refractivity contribution in [3.63, 3.8) is 0 Å². The third kappa shape index (κ3) is 6.58. The van der Waals surface area contributed by atoms with Crippen molar-refractivity contribution in [3.8, 4) is 11.4 Å². The number of rotatable bonds is 11. The average molecular weight is 475 g/mol. The molecule has 3 aromatic rings. The van der Waals surface area contributed by atoms with Crippen molar-refractivity contribution in [1.29, 1.82) is 0 Å². The average Bonchev–Trinajstić information content (AvgIpc) is 3.19. The van der Waals surface area contributed by atoms with Crippen molar-refractivity contribution in [2.45, 2.75) is 24.4 Å². The molecule has 0 aliphatic rings. The van der Waals surface area contributed by atoms with E-state index in [1.54, 1.807) is 19.2 Å². The van der Waals surface area contributed by atoms with Gasteiger partial charge in [0.2, 0.25) is 5.91 Å². The fourth-order valence-electron chi connectivity index (χ4n) is 3.11. The topological polar surface area (TPSA) is 69.0 Å². The van der Waals surface area contributed by atoms with Crippen LogP contribution in [-0.4, -0.2) is 40.1 Å². The van der Waals surface area contributed by atoms with E-state index >= 15 is 0 Å². The highest BCUT2D eigenvalue weighted by Crippen LogP contribution is 2.25. The van der Waals surface area contributed by atoms with E-state index < -0.39 is 0 Å². The van der Waals surface area contributed by atoms with E-state index in [-0.39, 0.29) is 11.7 Å². The number of ether oxygens (including phenoxy) is 1. The van der Waals surface area contributed by atoms with Gasteiger partial charge in [0.25, 0.3) is 0 Å². The maximum absolute atomic E-state index is 13.4. The van der Waals surface area contributed by atoms with Gasteiger partial charge in [-0.15, -0.1) is 10.2 Å². The lowest BCUT2D eigenvalue weighted by Crippen LogP contribution is -2.26. The van der Waals surface area contributed by atoms with E-state index in [2.05, 4.69) is 22.1 Å². The molecule has 0 saturated carbocycles. The zero-order valence-corrected chi connectivity index (χ0v) is 19.3. The molecule has 0 saturated heterocycles. The second kappa shape index (κ2) is 11.7. The van der Waals surface area contributed by atoms with Gasteiger partial charge in [-0.3, -0.25) is 9.36 Å². The van der Waals surface area contributed by atoms with E-state index in [4.69, 9.17) is 16.3 Å². The highest BCUT2D eigenvalue weighted by molar-refractivity contribution is 7.99. The first-order valence-corrected chi connectivity index (χ1v) is 11.4. The molecule has 1 heterocycles. The van der Waals surface area contributed by atoms with Crippen molar-refractivity contribution < 1.29 is 13.9 Å². The number of aromatic nitrogens is 3. The molecule has 168 valence electrons. The van der Waals surface area contributed by atoms with E-state index in [0.717, 1.165) is 17.0 Å². The smallest absolute Gasteiger partial charge is 0.220 e. The number of nitrogens with zero attached hydrogens (tertiary/aromatic N) is 3. The number of nitrogens with one attached hydrogen (secondary N) is 1. The number of thioether (sulfide) groups is 1. The minimum atomic E-state index is -0.325. The van der Waals surface area contributed by atoms with Crippen LogP contribution in [0.15, 0.2) is 65.3 Å². The first-order valence-electron chi connectivity index (χ1n) is 10.0. The maximum Gasteiger partial charge on any atom is 0.220 e. The van der Waals surface area contributed by atoms with E-state index in [1.807, 2.05) is 28.8 Å². The Labute approximate surface area is 195 Å². The van der Waals surface area contributed by atoms with Gasteiger partial charge < -0.3 is 10.1 Å². The molecule has 0 unspecified atom stereocenters. The number of methoxy groups -OCH3 is 1. The number of para-hydroxylation sites is 1. The summed E-state index contributed by atoms with van der Waals surface area (Å²) in [5, 5.41) is 12.5. The number of carbonyl (C=O) groups is 1. The third-order valence-electron chi connectivity index (χ3n) is 4.63. The van der Waals surface area contributed by atoms with Gasteiger partial charge >= 0.3 is 0 Å². The Kier molecular flexibility index (Phi) is 8.70. The normalized spacial score (nSPS) is 10.7. The highest BCUT2D eigenvalue weighted by atomic mass is 35.5. The quantitative estimate of drug-likeness (QED) is 0.413. The van der Waals surface area contributed by atoms with Gasteiger partial charge in [-0.1, -0.05) is 48.1 Å². The van der Waals surface area contributed by atoms with Crippen LogP contribution in [-0.2, 0) is 17.6 Å². The molecule has 3 rings (SSSR count). The molecule has 0 radical (unpaired) electrons. The molecule has 32 heavy (non-hydrogen) atoms. The summed E-state index contributed by atoms with van der Waals surface area (Å²) in [5.74, 6) is 1.52. The van der Waals surface area contributed by atoms with Crippen LogP contribution in [0.4, 0.5) is 4.39 Å². The zero-order valence-electron chi connectivity index (χ0n) is 17.7. The van der Waals surface area contributed by atoms with E-state index in [1.165, 1.54) is 23.9 Å². The number of hydrogen-bond donors (Lipinski definition) is 1. The largest absolute Gasteiger partial charge is 0.496 e. The molecule has 0 fully saturated rings. The number of amides is 1. The van der Waals surface area contributed by atoms with Crippen molar-refractivity contribution in [3.05, 3.63) is 77.3 Å². The molecule has 1 N–H and O–H groups in total. The molecule has 0 aliphatic heterocycles. The van der Waals surface area contributed by atoms with Crippen LogP contribution in [0.5, 0.6) is 5.75 Å². The first-order chi connectivity index (χ1) is 15.5. The molecule has 0 aliphatic carbocycles. The van der Waals surface area contributed by atoms with Crippen LogP contribution in [0, 0.1) is 5.82 Å². The van der Waals surface area contributed by atoms with Crippen molar-refractivity contribution in [2.24, 2.45) is 0 Å². The van der Waals surface area contributed by atoms with E-state index in [9.17, 15) is 9.18 Å². The van der Waals surface area contributed by atoms with Crippen LogP contribution in [0.2, 0.25) is 0 Å². The molecular weight excluding hydrogens is 451 g/mol. The summed E-state index contributed by atoms with van der Waals surface area (Å²) in [6.07, 6.45) is 1.40. The van der Waals surface area contributed by atoms with Crippen LogP contribution < -0.4 is 10.1 Å². The van der Waals surface area contributed by atoms with Gasteiger partial charge in [0.15, 0.2) is 5.16 Å². The second-order valence-electron chi connectivity index (χ2n) is 6.93. The van der Waals surface area contributed by atoms with E-state index in [0.29, 0.717) is 47.6 Å². The molecular formula is C23H24ClFN4O2S.